The van der Waals surface area contributed by atoms with E-state index in [1.165, 1.54) is 24.3 Å². The van der Waals surface area contributed by atoms with E-state index in [9.17, 15) is 19.2 Å². The number of esters is 2. The molecule has 1 aliphatic carbocycles. The van der Waals surface area contributed by atoms with Gasteiger partial charge in [0.2, 0.25) is 0 Å². The Morgan fingerprint density at radius 2 is 1.77 bits per heavy atom. The summed E-state index contributed by atoms with van der Waals surface area (Å²) in [4.78, 5) is 46.6. The summed E-state index contributed by atoms with van der Waals surface area (Å²) in [6.45, 7) is 3.18. The van der Waals surface area contributed by atoms with Crippen LogP contribution in [0.15, 0.2) is 52.5 Å². The van der Waals surface area contributed by atoms with Crippen molar-refractivity contribution in [2.45, 2.75) is 38.8 Å². The number of hydrogen-bond donors (Lipinski definition) is 0. The van der Waals surface area contributed by atoms with Gasteiger partial charge in [-0.05, 0) is 38.1 Å². The summed E-state index contributed by atoms with van der Waals surface area (Å²) in [5.41, 5.74) is 0.826. The van der Waals surface area contributed by atoms with Gasteiger partial charge in [0.25, 0.3) is 0 Å². The van der Waals surface area contributed by atoms with Crippen molar-refractivity contribution >= 4 is 24.5 Å². The normalized spacial score (nSPS) is 19.7. The number of hydrogen-bond acceptors (Lipinski definition) is 8. The van der Waals surface area contributed by atoms with E-state index in [-0.39, 0.29) is 23.5 Å². The molecule has 1 aromatic carbocycles. The number of furan rings is 1. The van der Waals surface area contributed by atoms with E-state index < -0.39 is 30.3 Å². The van der Waals surface area contributed by atoms with Crippen LogP contribution in [0.1, 0.15) is 50.9 Å². The number of ether oxygens (including phenoxy) is 3. The Labute approximate surface area is 172 Å². The molecular formula is C22H20O8. The van der Waals surface area contributed by atoms with Gasteiger partial charge in [0.1, 0.15) is 30.9 Å². The summed E-state index contributed by atoms with van der Waals surface area (Å²) in [7, 11) is 0. The number of allylic oxidation sites excluding steroid dienone is 1. The molecule has 0 amide bonds. The van der Waals surface area contributed by atoms with Crippen LogP contribution in [0.25, 0.3) is 0 Å². The maximum Gasteiger partial charge on any atom is 0.339 e. The van der Waals surface area contributed by atoms with Gasteiger partial charge >= 0.3 is 11.9 Å². The van der Waals surface area contributed by atoms with Crippen molar-refractivity contribution in [1.29, 1.82) is 0 Å². The van der Waals surface area contributed by atoms with Crippen LogP contribution in [0.3, 0.4) is 0 Å². The predicted octanol–water partition coefficient (Wildman–Crippen LogP) is 2.91. The van der Waals surface area contributed by atoms with E-state index in [4.69, 9.17) is 18.6 Å². The van der Waals surface area contributed by atoms with Crippen molar-refractivity contribution in [3.05, 3.63) is 70.7 Å². The fourth-order valence-electron chi connectivity index (χ4n) is 2.87. The predicted molar refractivity (Wildman–Crippen MR) is 103 cm³/mol. The second-order valence-corrected chi connectivity index (χ2v) is 6.56. The molecular weight excluding hydrogens is 392 g/mol. The molecule has 156 valence electrons. The Kier molecular flexibility index (Phi) is 6.58. The molecule has 8 heteroatoms. The third-order valence-corrected chi connectivity index (χ3v) is 4.45. The Balaban J connectivity index is 1.66. The summed E-state index contributed by atoms with van der Waals surface area (Å²) in [6.07, 6.45) is 1.24. The van der Waals surface area contributed by atoms with E-state index in [2.05, 4.69) is 0 Å². The van der Waals surface area contributed by atoms with Crippen molar-refractivity contribution in [3.63, 3.8) is 0 Å². The lowest BCUT2D eigenvalue weighted by atomic mass is 10.1. The first-order chi connectivity index (χ1) is 14.5. The number of rotatable bonds is 9. The first-order valence-electron chi connectivity index (χ1n) is 9.26. The van der Waals surface area contributed by atoms with Crippen LogP contribution < -0.4 is 0 Å². The van der Waals surface area contributed by atoms with Crippen LogP contribution in [0, 0.1) is 0 Å². The summed E-state index contributed by atoms with van der Waals surface area (Å²) >= 11 is 0. The second kappa shape index (κ2) is 9.32. The highest BCUT2D eigenvalue weighted by Gasteiger charge is 2.49. The first kappa shape index (κ1) is 21.2. The molecule has 0 aliphatic heterocycles. The molecule has 0 bridgehead atoms. The van der Waals surface area contributed by atoms with E-state index in [1.54, 1.807) is 32.1 Å². The number of benzene rings is 1. The monoisotopic (exact) mass is 412 g/mol. The van der Waals surface area contributed by atoms with Crippen molar-refractivity contribution in [2.75, 3.05) is 0 Å². The highest BCUT2D eigenvalue weighted by atomic mass is 16.6. The van der Waals surface area contributed by atoms with Crippen molar-refractivity contribution in [3.8, 4) is 0 Å². The molecule has 3 rings (SSSR count). The molecule has 0 N–H and O–H groups in total. The lowest BCUT2D eigenvalue weighted by Crippen LogP contribution is -2.18. The third-order valence-electron chi connectivity index (χ3n) is 4.45. The van der Waals surface area contributed by atoms with E-state index in [0.717, 1.165) is 5.57 Å². The van der Waals surface area contributed by atoms with E-state index in [1.807, 2.05) is 0 Å². The highest BCUT2D eigenvalue weighted by molar-refractivity contribution is 6.03. The van der Waals surface area contributed by atoms with Crippen LogP contribution in [-0.4, -0.2) is 42.8 Å². The van der Waals surface area contributed by atoms with E-state index in [0.29, 0.717) is 18.3 Å². The second-order valence-electron chi connectivity index (χ2n) is 6.56. The van der Waals surface area contributed by atoms with Gasteiger partial charge in [-0.3, -0.25) is 4.79 Å². The molecule has 0 saturated heterocycles. The summed E-state index contributed by atoms with van der Waals surface area (Å²) < 4.78 is 21.3. The highest BCUT2D eigenvalue weighted by Crippen LogP contribution is 2.38. The molecule has 2 unspecified atom stereocenters. The third kappa shape index (κ3) is 4.72. The van der Waals surface area contributed by atoms with Gasteiger partial charge in [0.05, 0.1) is 11.1 Å². The Morgan fingerprint density at radius 1 is 1.07 bits per heavy atom. The number of carbonyl (C=O) groups is 4. The van der Waals surface area contributed by atoms with Crippen LogP contribution in [-0.2, 0) is 25.6 Å². The van der Waals surface area contributed by atoms with Crippen molar-refractivity contribution in [1.82, 2.24) is 0 Å². The minimum Gasteiger partial charge on any atom is -0.455 e. The molecule has 30 heavy (non-hydrogen) atoms. The van der Waals surface area contributed by atoms with E-state index >= 15 is 0 Å². The zero-order valence-electron chi connectivity index (χ0n) is 16.4. The van der Waals surface area contributed by atoms with Gasteiger partial charge in [-0.1, -0.05) is 18.2 Å². The van der Waals surface area contributed by atoms with Gasteiger partial charge in [0, 0.05) is 5.57 Å². The largest absolute Gasteiger partial charge is 0.455 e. The molecule has 1 aliphatic rings. The Bertz CT molecular complexity index is 987. The van der Waals surface area contributed by atoms with Crippen LogP contribution in [0.2, 0.25) is 0 Å². The van der Waals surface area contributed by atoms with Crippen LogP contribution >= 0.6 is 0 Å². The summed E-state index contributed by atoms with van der Waals surface area (Å²) in [5.74, 6) is -1.03. The van der Waals surface area contributed by atoms with Gasteiger partial charge in [-0.2, -0.15) is 0 Å². The maximum absolute atomic E-state index is 12.7. The van der Waals surface area contributed by atoms with Crippen LogP contribution in [0.5, 0.6) is 0 Å². The molecule has 0 radical (unpaired) electrons. The fraction of sp³-hybridized carbons (Fsp3) is 0.273. The molecule has 8 nitrogen and oxygen atoms in total. The molecule has 1 fully saturated rings. The number of aldehydes is 2. The van der Waals surface area contributed by atoms with Crippen LogP contribution in [0.4, 0.5) is 0 Å². The Morgan fingerprint density at radius 3 is 2.37 bits per heavy atom. The molecule has 1 saturated carbocycles. The molecule has 2 aromatic rings. The molecule has 3 atom stereocenters. The van der Waals surface area contributed by atoms with Crippen molar-refractivity contribution in [2.24, 2.45) is 0 Å². The smallest absolute Gasteiger partial charge is 0.339 e. The topological polar surface area (TPSA) is 109 Å². The van der Waals surface area contributed by atoms with Gasteiger partial charge in [-0.15, -0.1) is 0 Å². The van der Waals surface area contributed by atoms with Gasteiger partial charge < -0.3 is 23.4 Å². The average molecular weight is 412 g/mol. The fourth-order valence-corrected chi connectivity index (χ4v) is 2.87. The molecule has 0 spiro atoms. The minimum atomic E-state index is -0.740. The quantitative estimate of drug-likeness (QED) is 0.351. The Hall–Kier alpha value is -3.52. The maximum atomic E-state index is 12.7. The lowest BCUT2D eigenvalue weighted by molar-refractivity contribution is -0.118. The van der Waals surface area contributed by atoms with Crippen molar-refractivity contribution < 1.29 is 37.8 Å². The summed E-state index contributed by atoms with van der Waals surface area (Å²) in [6, 6.07) is 9.07. The number of carbonyl (C=O) groups excluding carboxylic acids is 4. The van der Waals surface area contributed by atoms with Gasteiger partial charge in [0.15, 0.2) is 18.2 Å². The zero-order valence-corrected chi connectivity index (χ0v) is 16.4. The molecule has 1 aromatic heterocycles. The lowest BCUT2D eigenvalue weighted by Gasteiger charge is -2.09. The summed E-state index contributed by atoms with van der Waals surface area (Å²) in [5, 5.41) is 0. The minimum absolute atomic E-state index is 0.0334. The average Bonchev–Trinajstić information content (AvgIpc) is 3.19. The van der Waals surface area contributed by atoms with Gasteiger partial charge in [-0.25, -0.2) is 9.59 Å². The molecule has 1 heterocycles. The first-order valence-corrected chi connectivity index (χ1v) is 9.26. The standard InChI is InChI=1S/C22H20O8/c1-3-16-19(28-13(2)10-23)20(16)30-22(26)18-7-5-4-6-17(18)21(25)27-12-15-9-8-14(11-24)29-15/h3-11,13,19-20H,12H2,1-2H3/b16-3+/t13-,19?,20?/m1/s1. The zero-order chi connectivity index (χ0) is 21.7. The SMILES string of the molecule is C/C=C1/C(OC(=O)c2ccccc2C(=O)OCc2ccc(C=O)o2)C1O[C@H](C)C=O.